The van der Waals surface area contributed by atoms with Gasteiger partial charge in [0.2, 0.25) is 5.91 Å². The Morgan fingerprint density at radius 2 is 1.92 bits per heavy atom. The number of Topliss-reactive ketones (excluding diaryl/α,β-unsaturated/α-hetero) is 1. The second kappa shape index (κ2) is 7.70. The van der Waals surface area contributed by atoms with Crippen molar-refractivity contribution in [2.75, 3.05) is 23.4 Å². The van der Waals surface area contributed by atoms with E-state index in [2.05, 4.69) is 21.2 Å². The molecule has 6 nitrogen and oxygen atoms in total. The molecule has 1 N–H and O–H groups in total. The molecule has 0 bridgehead atoms. The molecule has 2 aromatic rings. The number of ether oxygens (including phenoxy) is 1. The molecule has 0 fully saturated rings. The summed E-state index contributed by atoms with van der Waals surface area (Å²) in [6, 6.07) is 12.2. The van der Waals surface area contributed by atoms with Gasteiger partial charge in [0.25, 0.3) is 5.91 Å². The topological polar surface area (TPSA) is 75.7 Å². The van der Waals surface area contributed by atoms with E-state index in [1.54, 1.807) is 30.3 Å². The number of carbonyl (C=O) groups is 3. The Labute approximate surface area is 159 Å². The predicted octanol–water partition coefficient (Wildman–Crippen LogP) is 3.41. The molecule has 1 aliphatic heterocycles. The molecule has 0 spiro atoms. The van der Waals surface area contributed by atoms with Gasteiger partial charge in [0, 0.05) is 28.7 Å². The van der Waals surface area contributed by atoms with Crippen molar-refractivity contribution >= 4 is 44.9 Å². The highest BCUT2D eigenvalue weighted by molar-refractivity contribution is 9.10. The zero-order valence-corrected chi connectivity index (χ0v) is 15.7. The maximum atomic E-state index is 12.2. The first kappa shape index (κ1) is 18.1. The number of nitrogens with zero attached hydrogens (tertiary/aromatic N) is 1. The first-order valence-electron chi connectivity index (χ1n) is 8.07. The predicted molar refractivity (Wildman–Crippen MR) is 102 cm³/mol. The molecular formula is C19H17BrN2O4. The smallest absolute Gasteiger partial charge is 0.265 e. The van der Waals surface area contributed by atoms with E-state index in [1.807, 2.05) is 12.1 Å². The van der Waals surface area contributed by atoms with Crippen LogP contribution in [-0.2, 0) is 9.59 Å². The zero-order valence-electron chi connectivity index (χ0n) is 14.1. The van der Waals surface area contributed by atoms with Gasteiger partial charge >= 0.3 is 0 Å². The van der Waals surface area contributed by atoms with Crippen molar-refractivity contribution in [3.05, 3.63) is 52.5 Å². The Hall–Kier alpha value is -2.67. The van der Waals surface area contributed by atoms with Gasteiger partial charge in [0.05, 0.1) is 5.69 Å². The number of amides is 2. The molecule has 0 radical (unpaired) electrons. The van der Waals surface area contributed by atoms with Crippen LogP contribution in [0.25, 0.3) is 0 Å². The average Bonchev–Trinajstić information content (AvgIpc) is 2.62. The van der Waals surface area contributed by atoms with Gasteiger partial charge in [-0.3, -0.25) is 14.4 Å². The van der Waals surface area contributed by atoms with Gasteiger partial charge < -0.3 is 15.0 Å². The van der Waals surface area contributed by atoms with Gasteiger partial charge in [0.15, 0.2) is 12.4 Å². The molecule has 0 aliphatic carbocycles. The third kappa shape index (κ3) is 4.11. The minimum atomic E-state index is -0.241. The van der Waals surface area contributed by atoms with E-state index < -0.39 is 0 Å². The summed E-state index contributed by atoms with van der Waals surface area (Å²) in [5.41, 5.74) is 1.70. The van der Waals surface area contributed by atoms with E-state index in [0.29, 0.717) is 22.7 Å². The molecule has 7 heteroatoms. The first-order valence-corrected chi connectivity index (χ1v) is 8.87. The van der Waals surface area contributed by atoms with Crippen molar-refractivity contribution in [2.45, 2.75) is 13.3 Å². The second-order valence-electron chi connectivity index (χ2n) is 5.88. The van der Waals surface area contributed by atoms with Crippen LogP contribution in [0.1, 0.15) is 23.7 Å². The molecule has 0 aromatic heterocycles. The number of anilines is 2. The van der Waals surface area contributed by atoms with Crippen molar-refractivity contribution in [3.63, 3.8) is 0 Å². The van der Waals surface area contributed by atoms with Crippen molar-refractivity contribution in [1.29, 1.82) is 0 Å². The third-order valence-corrected chi connectivity index (χ3v) is 4.53. The summed E-state index contributed by atoms with van der Waals surface area (Å²) in [6.07, 6.45) is 0.130. The van der Waals surface area contributed by atoms with Crippen LogP contribution in [0, 0.1) is 0 Å². The number of nitrogens with one attached hydrogen (secondary N) is 1. The number of fused-ring (bicyclic) bond motifs is 1. The Kier molecular flexibility index (Phi) is 5.37. The van der Waals surface area contributed by atoms with Crippen LogP contribution in [0.15, 0.2) is 46.9 Å². The minimum Gasteiger partial charge on any atom is -0.482 e. The van der Waals surface area contributed by atoms with Crippen LogP contribution in [0.2, 0.25) is 0 Å². The number of hydrogen-bond donors (Lipinski definition) is 1. The fourth-order valence-corrected chi connectivity index (χ4v) is 2.90. The van der Waals surface area contributed by atoms with Crippen LogP contribution in [0.4, 0.5) is 11.4 Å². The molecule has 1 aliphatic rings. The molecular weight excluding hydrogens is 400 g/mol. The molecule has 3 rings (SSSR count). The Morgan fingerprint density at radius 3 is 2.62 bits per heavy atom. The van der Waals surface area contributed by atoms with Gasteiger partial charge in [0.1, 0.15) is 5.75 Å². The average molecular weight is 417 g/mol. The lowest BCUT2D eigenvalue weighted by Crippen LogP contribution is -2.40. The third-order valence-electron chi connectivity index (χ3n) is 4.00. The molecule has 0 atom stereocenters. The first-order chi connectivity index (χ1) is 12.4. The molecule has 0 saturated carbocycles. The highest BCUT2D eigenvalue weighted by atomic mass is 79.9. The van der Waals surface area contributed by atoms with Crippen molar-refractivity contribution in [1.82, 2.24) is 0 Å². The van der Waals surface area contributed by atoms with E-state index in [9.17, 15) is 14.4 Å². The lowest BCUT2D eigenvalue weighted by molar-refractivity contribution is -0.121. The fraction of sp³-hybridized carbons (Fsp3) is 0.211. The zero-order chi connectivity index (χ0) is 18.7. The van der Waals surface area contributed by atoms with Gasteiger partial charge in [-0.15, -0.1) is 0 Å². The fourth-order valence-electron chi connectivity index (χ4n) is 2.64. The van der Waals surface area contributed by atoms with Gasteiger partial charge in [-0.1, -0.05) is 15.9 Å². The number of halogens is 1. The summed E-state index contributed by atoms with van der Waals surface area (Å²) in [5, 5.41) is 2.79. The van der Waals surface area contributed by atoms with Crippen molar-refractivity contribution in [2.24, 2.45) is 0 Å². The maximum absolute atomic E-state index is 12.2. The van der Waals surface area contributed by atoms with Crippen LogP contribution in [-0.4, -0.2) is 30.7 Å². The van der Waals surface area contributed by atoms with Gasteiger partial charge in [-0.05, 0) is 49.4 Å². The number of ketones is 1. The summed E-state index contributed by atoms with van der Waals surface area (Å²) in [6.45, 7) is 1.59. The Morgan fingerprint density at radius 1 is 1.19 bits per heavy atom. The van der Waals surface area contributed by atoms with Gasteiger partial charge in [-0.2, -0.15) is 0 Å². The lowest BCUT2D eigenvalue weighted by atomic mass is 10.1. The highest BCUT2D eigenvalue weighted by Gasteiger charge is 2.26. The number of benzene rings is 2. The molecule has 1 heterocycles. The maximum Gasteiger partial charge on any atom is 0.265 e. The summed E-state index contributed by atoms with van der Waals surface area (Å²) >= 11 is 3.34. The number of rotatable bonds is 5. The van der Waals surface area contributed by atoms with E-state index in [4.69, 9.17) is 4.74 Å². The van der Waals surface area contributed by atoms with Crippen LogP contribution >= 0.6 is 15.9 Å². The van der Waals surface area contributed by atoms with E-state index in [-0.39, 0.29) is 37.2 Å². The standard InChI is InChI=1S/C19H17BrN2O4/c1-12(23)13-2-7-17-16(10-13)22(19(25)11-26-17)9-8-18(24)21-15-5-3-14(20)4-6-15/h2-7,10H,8-9,11H2,1H3,(H,21,24). The molecule has 26 heavy (non-hydrogen) atoms. The number of hydrogen-bond acceptors (Lipinski definition) is 4. The lowest BCUT2D eigenvalue weighted by Gasteiger charge is -2.29. The van der Waals surface area contributed by atoms with E-state index in [0.717, 1.165) is 4.47 Å². The summed E-state index contributed by atoms with van der Waals surface area (Å²) in [7, 11) is 0. The summed E-state index contributed by atoms with van der Waals surface area (Å²) < 4.78 is 6.33. The minimum absolute atomic E-state index is 0.0826. The van der Waals surface area contributed by atoms with Crippen LogP contribution < -0.4 is 15.0 Å². The largest absolute Gasteiger partial charge is 0.482 e. The van der Waals surface area contributed by atoms with Crippen molar-refractivity contribution < 1.29 is 19.1 Å². The summed E-state index contributed by atoms with van der Waals surface area (Å²) in [5.74, 6) is -0.00722. The summed E-state index contributed by atoms with van der Waals surface area (Å²) in [4.78, 5) is 37.5. The SMILES string of the molecule is CC(=O)c1ccc2c(c1)N(CCC(=O)Nc1ccc(Br)cc1)C(=O)CO2. The normalized spacial score (nSPS) is 13.0. The molecule has 0 unspecified atom stereocenters. The quantitative estimate of drug-likeness (QED) is 0.757. The highest BCUT2D eigenvalue weighted by Crippen LogP contribution is 2.33. The van der Waals surface area contributed by atoms with E-state index in [1.165, 1.54) is 11.8 Å². The van der Waals surface area contributed by atoms with Gasteiger partial charge in [-0.25, -0.2) is 0 Å². The monoisotopic (exact) mass is 416 g/mol. The van der Waals surface area contributed by atoms with Crippen LogP contribution in [0.3, 0.4) is 0 Å². The second-order valence-corrected chi connectivity index (χ2v) is 6.79. The molecule has 134 valence electrons. The molecule has 0 saturated heterocycles. The Balaban J connectivity index is 1.70. The van der Waals surface area contributed by atoms with Crippen LogP contribution in [0.5, 0.6) is 5.75 Å². The number of carbonyl (C=O) groups excluding carboxylic acids is 3. The molecule has 2 amide bonds. The van der Waals surface area contributed by atoms with Crippen molar-refractivity contribution in [3.8, 4) is 5.75 Å². The molecule has 2 aromatic carbocycles. The van der Waals surface area contributed by atoms with E-state index >= 15 is 0 Å². The Bertz CT molecular complexity index is 864.